The number of pyridine rings is 2. The van der Waals surface area contributed by atoms with E-state index in [-0.39, 0.29) is 21.1 Å². The zero-order chi connectivity index (χ0) is 28.6. The van der Waals surface area contributed by atoms with E-state index in [4.69, 9.17) is 20.2 Å². The van der Waals surface area contributed by atoms with E-state index in [0.717, 1.165) is 45.2 Å². The van der Waals surface area contributed by atoms with Crippen LogP contribution in [0.4, 0.5) is 5.69 Å². The van der Waals surface area contributed by atoms with E-state index in [9.17, 15) is 0 Å². The average molecular weight is 733 g/mol. The van der Waals surface area contributed by atoms with E-state index in [1.165, 1.54) is 0 Å². The van der Waals surface area contributed by atoms with E-state index in [1.807, 2.05) is 99.0 Å². The third-order valence-corrected chi connectivity index (χ3v) is 7.19. The summed E-state index contributed by atoms with van der Waals surface area (Å²) in [4.78, 5) is 12.2. The Morgan fingerprint density at radius 2 is 1.14 bits per heavy atom. The standard InChI is InChI=1S/C34H31N7.Pt/c1-24-20-30(35-32(21-24)40-18-16-28(37-40)25-12-8-6-9-13-25)34(2,3)31-22-27(39(4)5)23-33(36-31)41-19-17-29(38-41)26-14-10-7-11-15-26;/h6-17,20-23H,1-5H3;/q-2;+2. The third-order valence-electron chi connectivity index (χ3n) is 7.19. The van der Waals surface area contributed by atoms with Crippen LogP contribution in [0.5, 0.6) is 0 Å². The van der Waals surface area contributed by atoms with Gasteiger partial charge in [0.2, 0.25) is 0 Å². The van der Waals surface area contributed by atoms with Crippen molar-refractivity contribution in [1.29, 1.82) is 0 Å². The van der Waals surface area contributed by atoms with E-state index in [2.05, 4.69) is 50.2 Å². The van der Waals surface area contributed by atoms with Gasteiger partial charge in [0.1, 0.15) is 0 Å². The van der Waals surface area contributed by atoms with Gasteiger partial charge in [0.15, 0.2) is 0 Å². The van der Waals surface area contributed by atoms with Crippen LogP contribution in [0.2, 0.25) is 0 Å². The van der Waals surface area contributed by atoms with Gasteiger partial charge in [-0.25, -0.2) is 0 Å². The zero-order valence-electron chi connectivity index (χ0n) is 24.2. The Labute approximate surface area is 261 Å². The topological polar surface area (TPSA) is 64.7 Å². The van der Waals surface area contributed by atoms with E-state index in [1.54, 1.807) is 9.36 Å². The molecular formula is C34H31N7Pt. The van der Waals surface area contributed by atoms with Crippen molar-refractivity contribution in [1.82, 2.24) is 29.5 Å². The van der Waals surface area contributed by atoms with Crippen LogP contribution < -0.4 is 4.90 Å². The van der Waals surface area contributed by atoms with E-state index in [0.29, 0.717) is 11.6 Å². The number of anilines is 1. The van der Waals surface area contributed by atoms with Gasteiger partial charge in [0.05, 0.1) is 11.6 Å². The zero-order valence-corrected chi connectivity index (χ0v) is 26.5. The molecule has 0 unspecified atom stereocenters. The molecule has 0 saturated heterocycles. The fourth-order valence-corrected chi connectivity index (χ4v) is 4.71. The van der Waals surface area contributed by atoms with Crippen molar-refractivity contribution in [3.05, 3.63) is 126 Å². The van der Waals surface area contributed by atoms with Gasteiger partial charge in [-0.1, -0.05) is 102 Å². The number of aryl methyl sites for hydroxylation is 1. The number of aromatic nitrogens is 6. The Bertz CT molecular complexity index is 1800. The summed E-state index contributed by atoms with van der Waals surface area (Å²) in [5.41, 5.74) is 7.12. The molecule has 0 amide bonds. The van der Waals surface area contributed by atoms with Crippen molar-refractivity contribution in [3.8, 4) is 34.2 Å². The number of benzene rings is 2. The normalized spacial score (nSPS) is 11.3. The van der Waals surface area contributed by atoms with Crippen LogP contribution in [0.25, 0.3) is 34.2 Å². The molecule has 2 aromatic carbocycles. The maximum absolute atomic E-state index is 5.09. The first-order chi connectivity index (χ1) is 19.8. The van der Waals surface area contributed by atoms with Crippen molar-refractivity contribution in [2.75, 3.05) is 19.0 Å². The Morgan fingerprint density at radius 3 is 1.64 bits per heavy atom. The molecule has 0 bridgehead atoms. The Balaban J connectivity index is 0.00000353. The average Bonchev–Trinajstić information content (AvgIpc) is 3.69. The monoisotopic (exact) mass is 732 g/mol. The van der Waals surface area contributed by atoms with Crippen molar-refractivity contribution >= 4 is 5.69 Å². The van der Waals surface area contributed by atoms with Crippen LogP contribution in [-0.2, 0) is 26.5 Å². The van der Waals surface area contributed by atoms with Crippen LogP contribution in [0.15, 0.2) is 97.1 Å². The number of rotatable bonds is 7. The van der Waals surface area contributed by atoms with Gasteiger partial charge >= 0.3 is 21.1 Å². The van der Waals surface area contributed by atoms with Crippen LogP contribution in [0.1, 0.15) is 30.8 Å². The SMILES string of the molecule is Cc1cc(-n2[c-]cc(-c3ccccc3)n2)nc(C(C)(C)c2cc(N(C)C)cc(-n3[c-]cc(-c4ccccc4)n3)n2)c1.[Pt+2]. The van der Waals surface area contributed by atoms with Gasteiger partial charge < -0.3 is 14.3 Å². The molecule has 0 aliphatic heterocycles. The van der Waals surface area contributed by atoms with Gasteiger partial charge in [-0.3, -0.25) is 20.2 Å². The minimum Gasteiger partial charge on any atom is -0.378 e. The van der Waals surface area contributed by atoms with Crippen molar-refractivity contribution < 1.29 is 21.1 Å². The molecule has 0 radical (unpaired) electrons. The molecule has 0 aliphatic rings. The molecule has 4 aromatic heterocycles. The van der Waals surface area contributed by atoms with Gasteiger partial charge in [-0.05, 0) is 44.3 Å². The summed E-state index contributed by atoms with van der Waals surface area (Å²) in [5, 5.41) is 9.56. The summed E-state index contributed by atoms with van der Waals surface area (Å²) >= 11 is 0. The molecule has 6 rings (SSSR count). The van der Waals surface area contributed by atoms with Crippen LogP contribution in [0, 0.1) is 19.3 Å². The number of hydrogen-bond acceptors (Lipinski definition) is 5. The predicted molar refractivity (Wildman–Crippen MR) is 162 cm³/mol. The first-order valence-electron chi connectivity index (χ1n) is 13.5. The Hall–Kier alpha value is -4.35. The first kappa shape index (κ1) is 29.2. The number of hydrogen-bond donors (Lipinski definition) is 0. The molecule has 0 N–H and O–H groups in total. The summed E-state index contributed by atoms with van der Waals surface area (Å²) in [7, 11) is 4.05. The minimum atomic E-state index is -0.521. The molecule has 0 saturated carbocycles. The van der Waals surface area contributed by atoms with Crippen molar-refractivity contribution in [2.45, 2.75) is 26.2 Å². The van der Waals surface area contributed by atoms with E-state index >= 15 is 0 Å². The van der Waals surface area contributed by atoms with Gasteiger partial charge in [-0.2, -0.15) is 0 Å². The molecule has 6 aromatic rings. The third kappa shape index (κ3) is 5.83. The first-order valence-corrected chi connectivity index (χ1v) is 13.5. The van der Waals surface area contributed by atoms with Crippen LogP contribution in [-0.4, -0.2) is 43.6 Å². The molecule has 0 fully saturated rings. The fraction of sp³-hybridized carbons (Fsp3) is 0.176. The second kappa shape index (κ2) is 11.9. The summed E-state index contributed by atoms with van der Waals surface area (Å²) in [5.74, 6) is 1.41. The number of nitrogens with zero attached hydrogens (tertiary/aromatic N) is 7. The molecule has 8 heteroatoms. The van der Waals surface area contributed by atoms with Gasteiger partial charge in [0, 0.05) is 36.6 Å². The quantitative estimate of drug-likeness (QED) is 0.176. The molecule has 212 valence electrons. The molecule has 0 spiro atoms. The van der Waals surface area contributed by atoms with Gasteiger partial charge in [0.25, 0.3) is 0 Å². The molecule has 0 aliphatic carbocycles. The summed E-state index contributed by atoms with van der Waals surface area (Å²) in [6, 6.07) is 32.2. The van der Waals surface area contributed by atoms with E-state index < -0.39 is 5.41 Å². The van der Waals surface area contributed by atoms with Crippen LogP contribution in [0.3, 0.4) is 0 Å². The maximum atomic E-state index is 5.09. The Kier molecular flexibility index (Phi) is 8.24. The predicted octanol–water partition coefficient (Wildman–Crippen LogP) is 6.48. The largest absolute Gasteiger partial charge is 2.00 e. The van der Waals surface area contributed by atoms with Gasteiger partial charge in [-0.15, -0.1) is 12.1 Å². The van der Waals surface area contributed by atoms with Crippen molar-refractivity contribution in [2.24, 2.45) is 0 Å². The summed E-state index contributed by atoms with van der Waals surface area (Å²) in [6.07, 6.45) is 6.50. The smallest absolute Gasteiger partial charge is 0.378 e. The molecule has 0 atom stereocenters. The summed E-state index contributed by atoms with van der Waals surface area (Å²) < 4.78 is 3.43. The second-order valence-corrected chi connectivity index (χ2v) is 10.8. The molecule has 4 heterocycles. The minimum absolute atomic E-state index is 0. The Morgan fingerprint density at radius 1 is 0.667 bits per heavy atom. The second-order valence-electron chi connectivity index (χ2n) is 10.8. The van der Waals surface area contributed by atoms with Crippen molar-refractivity contribution in [3.63, 3.8) is 0 Å². The van der Waals surface area contributed by atoms with Crippen LogP contribution >= 0.6 is 0 Å². The summed E-state index contributed by atoms with van der Waals surface area (Å²) in [6.45, 7) is 6.37. The maximum Gasteiger partial charge on any atom is 2.00 e. The molecular weight excluding hydrogens is 702 g/mol. The fourth-order valence-electron chi connectivity index (χ4n) is 4.71. The molecule has 7 nitrogen and oxygen atoms in total. The molecule has 42 heavy (non-hydrogen) atoms.